The average molecular weight is 474 g/mol. The molecule has 170 valence electrons. The molecule has 1 amide bonds. The van der Waals surface area contributed by atoms with Gasteiger partial charge in [-0.15, -0.1) is 11.3 Å². The molecule has 7 nitrogen and oxygen atoms in total. The fourth-order valence-electron chi connectivity index (χ4n) is 4.04. The highest BCUT2D eigenvalue weighted by molar-refractivity contribution is 7.91. The predicted octanol–water partition coefficient (Wildman–Crippen LogP) is 4.08. The van der Waals surface area contributed by atoms with E-state index in [2.05, 4.69) is 23.9 Å². The molecule has 3 heterocycles. The van der Waals surface area contributed by atoms with Gasteiger partial charge in [-0.1, -0.05) is 23.4 Å². The highest BCUT2D eigenvalue weighted by Crippen LogP contribution is 2.28. The Hall–Kier alpha value is -2.65. The molecule has 9 heteroatoms. The summed E-state index contributed by atoms with van der Waals surface area (Å²) < 4.78 is 29.6. The van der Waals surface area contributed by atoms with E-state index in [0.29, 0.717) is 18.7 Å². The summed E-state index contributed by atoms with van der Waals surface area (Å²) in [6, 6.07) is 13.1. The molecule has 0 unspecified atom stereocenters. The molecule has 0 N–H and O–H groups in total. The molecule has 0 bridgehead atoms. The Morgan fingerprint density at radius 1 is 1.19 bits per heavy atom. The lowest BCUT2D eigenvalue weighted by atomic mass is 10.1. The number of carbonyl (C=O) groups excluding carboxylic acids is 1. The molecule has 1 aliphatic heterocycles. The van der Waals surface area contributed by atoms with Crippen LogP contribution in [-0.2, 0) is 16.4 Å². The van der Waals surface area contributed by atoms with Gasteiger partial charge in [0.05, 0.1) is 16.4 Å². The van der Waals surface area contributed by atoms with Crippen molar-refractivity contribution >= 4 is 32.8 Å². The molecule has 1 saturated heterocycles. The van der Waals surface area contributed by atoms with Gasteiger partial charge >= 0.3 is 0 Å². The molecule has 32 heavy (non-hydrogen) atoms. The Balaban J connectivity index is 1.59. The van der Waals surface area contributed by atoms with Crippen LogP contribution in [0.15, 0.2) is 52.4 Å². The maximum absolute atomic E-state index is 13.4. The molecule has 0 saturated carbocycles. The van der Waals surface area contributed by atoms with Gasteiger partial charge in [0.2, 0.25) is 0 Å². The van der Waals surface area contributed by atoms with Crippen molar-refractivity contribution in [2.75, 3.05) is 29.5 Å². The normalized spacial score (nSPS) is 17.4. The fraction of sp³-hybridized carbons (Fsp3) is 0.391. The quantitative estimate of drug-likeness (QED) is 0.490. The molecule has 1 fully saturated rings. The van der Waals surface area contributed by atoms with Crippen molar-refractivity contribution in [2.45, 2.75) is 32.9 Å². The summed E-state index contributed by atoms with van der Waals surface area (Å²) in [6.45, 7) is 6.37. The Morgan fingerprint density at radius 3 is 2.53 bits per heavy atom. The van der Waals surface area contributed by atoms with Gasteiger partial charge in [-0.05, 0) is 49.4 Å². The number of rotatable bonds is 8. The molecule has 1 atom stereocenters. The zero-order valence-electron chi connectivity index (χ0n) is 18.2. The second-order valence-corrected chi connectivity index (χ2v) is 11.1. The van der Waals surface area contributed by atoms with E-state index in [9.17, 15) is 13.2 Å². The van der Waals surface area contributed by atoms with Crippen molar-refractivity contribution in [3.8, 4) is 10.6 Å². The number of hydrogen-bond acceptors (Lipinski definition) is 7. The highest BCUT2D eigenvalue weighted by Gasteiger charge is 2.36. The SMILES string of the molecule is CCN(CC)c1ccc(CN(C(=O)c2cc(-c3cccs3)on2)[C@@H]2CCS(=O)(=O)C2)cc1. The Labute approximate surface area is 192 Å². The topological polar surface area (TPSA) is 83.7 Å². The van der Waals surface area contributed by atoms with Gasteiger partial charge in [-0.25, -0.2) is 8.42 Å². The maximum Gasteiger partial charge on any atom is 0.276 e. The van der Waals surface area contributed by atoms with E-state index in [1.54, 1.807) is 11.0 Å². The number of carbonyl (C=O) groups is 1. The van der Waals surface area contributed by atoms with E-state index >= 15 is 0 Å². The summed E-state index contributed by atoms with van der Waals surface area (Å²) in [5.41, 5.74) is 2.26. The third-order valence-electron chi connectivity index (χ3n) is 5.82. The van der Waals surface area contributed by atoms with Crippen molar-refractivity contribution < 1.29 is 17.7 Å². The largest absolute Gasteiger partial charge is 0.372 e. The molecular weight excluding hydrogens is 446 g/mol. The lowest BCUT2D eigenvalue weighted by Gasteiger charge is -2.28. The van der Waals surface area contributed by atoms with Gasteiger partial charge in [0.1, 0.15) is 0 Å². The van der Waals surface area contributed by atoms with Crippen molar-refractivity contribution in [3.63, 3.8) is 0 Å². The van der Waals surface area contributed by atoms with Crippen LogP contribution in [0.1, 0.15) is 36.3 Å². The first-order chi connectivity index (χ1) is 15.4. The number of sulfone groups is 1. The van der Waals surface area contributed by atoms with E-state index in [4.69, 9.17) is 4.52 Å². The first kappa shape index (κ1) is 22.5. The minimum Gasteiger partial charge on any atom is -0.372 e. The summed E-state index contributed by atoms with van der Waals surface area (Å²) in [5.74, 6) is 0.297. The zero-order chi connectivity index (χ0) is 22.7. The number of hydrogen-bond donors (Lipinski definition) is 0. The van der Waals surface area contributed by atoms with Gasteiger partial charge < -0.3 is 14.3 Å². The van der Waals surface area contributed by atoms with Crippen LogP contribution in [0.5, 0.6) is 0 Å². The summed E-state index contributed by atoms with van der Waals surface area (Å²) in [5, 5.41) is 5.91. The lowest BCUT2D eigenvalue weighted by Crippen LogP contribution is -2.40. The molecule has 1 aliphatic rings. The smallest absolute Gasteiger partial charge is 0.276 e. The first-order valence-corrected chi connectivity index (χ1v) is 13.5. The monoisotopic (exact) mass is 473 g/mol. The van der Waals surface area contributed by atoms with Crippen LogP contribution >= 0.6 is 11.3 Å². The van der Waals surface area contributed by atoms with Crippen LogP contribution in [0.2, 0.25) is 0 Å². The van der Waals surface area contributed by atoms with Crippen molar-refractivity contribution in [1.82, 2.24) is 10.1 Å². The number of anilines is 1. The van der Waals surface area contributed by atoms with Gasteiger partial charge in [0.15, 0.2) is 21.3 Å². The Morgan fingerprint density at radius 2 is 1.94 bits per heavy atom. The predicted molar refractivity (Wildman–Crippen MR) is 127 cm³/mol. The molecule has 2 aromatic heterocycles. The fourth-order valence-corrected chi connectivity index (χ4v) is 6.45. The molecular formula is C23H27N3O4S2. The van der Waals surface area contributed by atoms with Gasteiger partial charge in [-0.3, -0.25) is 4.79 Å². The van der Waals surface area contributed by atoms with Crippen molar-refractivity contribution in [2.24, 2.45) is 0 Å². The van der Waals surface area contributed by atoms with E-state index in [1.165, 1.54) is 11.3 Å². The second-order valence-electron chi connectivity index (χ2n) is 7.88. The molecule has 0 spiro atoms. The van der Waals surface area contributed by atoms with Crippen LogP contribution in [-0.4, -0.2) is 55.0 Å². The van der Waals surface area contributed by atoms with E-state index in [0.717, 1.165) is 29.2 Å². The number of amides is 1. The van der Waals surface area contributed by atoms with Gasteiger partial charge in [0.25, 0.3) is 5.91 Å². The molecule has 1 aromatic carbocycles. The lowest BCUT2D eigenvalue weighted by molar-refractivity contribution is 0.0670. The number of nitrogens with zero attached hydrogens (tertiary/aromatic N) is 3. The molecule has 0 radical (unpaired) electrons. The maximum atomic E-state index is 13.4. The van der Waals surface area contributed by atoms with Crippen LogP contribution in [0, 0.1) is 0 Å². The standard InChI is InChI=1S/C23H27N3O4S2/c1-3-25(4-2)18-9-7-17(8-10-18)15-26(19-11-13-32(28,29)16-19)23(27)20-14-21(30-24-20)22-6-5-12-31-22/h5-10,12,14,19H,3-4,11,13,15-16H2,1-2H3/t19-/m1/s1. The third kappa shape index (κ3) is 4.88. The molecule has 4 rings (SSSR count). The Kier molecular flexibility index (Phi) is 6.66. The second kappa shape index (κ2) is 9.46. The molecule has 3 aromatic rings. The minimum atomic E-state index is -3.15. The summed E-state index contributed by atoms with van der Waals surface area (Å²) in [7, 11) is -3.15. The zero-order valence-corrected chi connectivity index (χ0v) is 19.9. The number of benzene rings is 1. The van der Waals surface area contributed by atoms with Gasteiger partial charge in [-0.2, -0.15) is 0 Å². The Bertz CT molecular complexity index is 1150. The summed E-state index contributed by atoms with van der Waals surface area (Å²) in [4.78, 5) is 18.2. The van der Waals surface area contributed by atoms with Crippen LogP contribution in [0.3, 0.4) is 0 Å². The van der Waals surface area contributed by atoms with Crippen LogP contribution in [0.25, 0.3) is 10.6 Å². The van der Waals surface area contributed by atoms with Crippen molar-refractivity contribution in [3.05, 3.63) is 59.1 Å². The van der Waals surface area contributed by atoms with Crippen LogP contribution < -0.4 is 4.90 Å². The van der Waals surface area contributed by atoms with Crippen LogP contribution in [0.4, 0.5) is 5.69 Å². The first-order valence-electron chi connectivity index (χ1n) is 10.8. The summed E-state index contributed by atoms with van der Waals surface area (Å²) >= 11 is 1.50. The number of aromatic nitrogens is 1. The van der Waals surface area contributed by atoms with E-state index in [1.807, 2.05) is 41.8 Å². The van der Waals surface area contributed by atoms with E-state index < -0.39 is 9.84 Å². The molecule has 0 aliphatic carbocycles. The van der Waals surface area contributed by atoms with Crippen molar-refractivity contribution in [1.29, 1.82) is 0 Å². The van der Waals surface area contributed by atoms with Gasteiger partial charge in [0, 0.05) is 37.4 Å². The summed E-state index contributed by atoms with van der Waals surface area (Å²) in [6.07, 6.45) is 0.432. The minimum absolute atomic E-state index is 0.0219. The average Bonchev–Trinajstić information content (AvgIpc) is 3.54. The third-order valence-corrected chi connectivity index (χ3v) is 8.46. The number of thiophene rings is 1. The van der Waals surface area contributed by atoms with E-state index in [-0.39, 0.29) is 29.1 Å². The highest BCUT2D eigenvalue weighted by atomic mass is 32.2.